The van der Waals surface area contributed by atoms with Gasteiger partial charge in [-0.25, -0.2) is 0 Å². The van der Waals surface area contributed by atoms with Crippen LogP contribution in [0.3, 0.4) is 0 Å². The van der Waals surface area contributed by atoms with Crippen LogP contribution in [0.15, 0.2) is 53.1 Å². The number of furan rings is 1. The van der Waals surface area contributed by atoms with Crippen LogP contribution >= 0.6 is 34.8 Å². The van der Waals surface area contributed by atoms with Gasteiger partial charge in [-0.1, -0.05) is 40.9 Å². The number of rotatable bonds is 8. The molecule has 142 valence electrons. The van der Waals surface area contributed by atoms with Crippen LogP contribution in [0.25, 0.3) is 0 Å². The van der Waals surface area contributed by atoms with Crippen LogP contribution in [-0.4, -0.2) is 7.11 Å². The van der Waals surface area contributed by atoms with E-state index in [9.17, 15) is 0 Å². The largest absolute Gasteiger partial charge is 0.493 e. The number of methoxy groups -OCH3 is 1. The molecule has 7 heteroatoms. The summed E-state index contributed by atoms with van der Waals surface area (Å²) in [6, 6.07) is 12.8. The molecule has 3 aromatic rings. The van der Waals surface area contributed by atoms with Gasteiger partial charge < -0.3 is 19.2 Å². The van der Waals surface area contributed by atoms with Gasteiger partial charge >= 0.3 is 0 Å². The molecule has 0 aliphatic rings. The van der Waals surface area contributed by atoms with Crippen LogP contribution in [0.4, 0.5) is 0 Å². The van der Waals surface area contributed by atoms with E-state index in [4.69, 9.17) is 48.7 Å². The second-order valence-electron chi connectivity index (χ2n) is 5.82. The Balaban J connectivity index is 1.67. The smallest absolute Gasteiger partial charge is 0.180 e. The number of benzene rings is 2. The first kappa shape index (κ1) is 19.9. The number of nitrogens with one attached hydrogen (secondary N) is 1. The summed E-state index contributed by atoms with van der Waals surface area (Å²) in [6.45, 7) is 1.49. The van der Waals surface area contributed by atoms with Gasteiger partial charge in [0.1, 0.15) is 12.4 Å². The second kappa shape index (κ2) is 9.38. The monoisotopic (exact) mass is 425 g/mol. The van der Waals surface area contributed by atoms with Crippen molar-refractivity contribution in [2.75, 3.05) is 7.11 Å². The van der Waals surface area contributed by atoms with E-state index >= 15 is 0 Å². The minimum Gasteiger partial charge on any atom is -0.493 e. The molecule has 0 bridgehead atoms. The molecule has 3 rings (SSSR count). The fourth-order valence-electron chi connectivity index (χ4n) is 2.55. The van der Waals surface area contributed by atoms with E-state index in [0.717, 1.165) is 16.9 Å². The summed E-state index contributed by atoms with van der Waals surface area (Å²) in [4.78, 5) is 0. The van der Waals surface area contributed by atoms with Crippen LogP contribution in [0, 0.1) is 0 Å². The zero-order valence-corrected chi connectivity index (χ0v) is 16.9. The molecule has 1 aromatic heterocycles. The maximum absolute atomic E-state index is 6.42. The van der Waals surface area contributed by atoms with Gasteiger partial charge in [0.05, 0.1) is 24.9 Å². The first-order valence-electron chi connectivity index (χ1n) is 8.23. The highest BCUT2D eigenvalue weighted by molar-refractivity contribution is 6.35. The number of hydrogen-bond acceptors (Lipinski definition) is 4. The molecule has 0 saturated heterocycles. The molecule has 27 heavy (non-hydrogen) atoms. The van der Waals surface area contributed by atoms with Gasteiger partial charge in [-0.3, -0.25) is 0 Å². The Bertz CT molecular complexity index is 898. The van der Waals surface area contributed by atoms with Crippen LogP contribution in [0.2, 0.25) is 15.1 Å². The molecule has 0 unspecified atom stereocenters. The van der Waals surface area contributed by atoms with Crippen LogP contribution in [-0.2, 0) is 19.7 Å². The summed E-state index contributed by atoms with van der Waals surface area (Å²) in [7, 11) is 1.58. The summed E-state index contributed by atoms with van der Waals surface area (Å²) in [5.74, 6) is 1.90. The average molecular weight is 427 g/mol. The highest BCUT2D eigenvalue weighted by Gasteiger charge is 2.13. The topological polar surface area (TPSA) is 43.6 Å². The SMILES string of the molecule is COc1cc(CNCc2ccco2)cc(Cl)c1OCc1ccc(Cl)cc1Cl. The molecule has 0 aliphatic carbocycles. The second-order valence-corrected chi connectivity index (χ2v) is 7.07. The zero-order valence-electron chi connectivity index (χ0n) is 14.6. The van der Waals surface area contributed by atoms with Gasteiger partial charge in [0.2, 0.25) is 0 Å². The molecule has 4 nitrogen and oxygen atoms in total. The van der Waals surface area contributed by atoms with Crippen LogP contribution in [0.5, 0.6) is 11.5 Å². The third kappa shape index (κ3) is 5.33. The van der Waals surface area contributed by atoms with E-state index in [-0.39, 0.29) is 6.61 Å². The minimum atomic E-state index is 0.252. The molecule has 0 radical (unpaired) electrons. The molecule has 0 fully saturated rings. The molecule has 0 spiro atoms. The Morgan fingerprint density at radius 3 is 2.56 bits per heavy atom. The Morgan fingerprint density at radius 2 is 1.85 bits per heavy atom. The van der Waals surface area contributed by atoms with Crippen molar-refractivity contribution < 1.29 is 13.9 Å². The van der Waals surface area contributed by atoms with E-state index in [1.54, 1.807) is 25.5 Å². The molecule has 0 aliphatic heterocycles. The van der Waals surface area contributed by atoms with Gasteiger partial charge in [-0.2, -0.15) is 0 Å². The number of ether oxygens (including phenoxy) is 2. The van der Waals surface area contributed by atoms with Gasteiger partial charge in [-0.05, 0) is 42.0 Å². The highest BCUT2D eigenvalue weighted by Crippen LogP contribution is 2.37. The van der Waals surface area contributed by atoms with Crippen molar-refractivity contribution in [3.05, 3.63) is 80.7 Å². The molecule has 1 heterocycles. The summed E-state index contributed by atoms with van der Waals surface area (Å²) >= 11 is 18.5. The van der Waals surface area contributed by atoms with Crippen molar-refractivity contribution in [1.82, 2.24) is 5.32 Å². The third-order valence-corrected chi connectivity index (χ3v) is 4.75. The predicted octanol–water partition coefficient (Wildman–Crippen LogP) is 6.12. The highest BCUT2D eigenvalue weighted by atomic mass is 35.5. The van der Waals surface area contributed by atoms with Gasteiger partial charge in [0.25, 0.3) is 0 Å². The van der Waals surface area contributed by atoms with Crippen molar-refractivity contribution in [3.63, 3.8) is 0 Å². The molecule has 1 N–H and O–H groups in total. The van der Waals surface area contributed by atoms with Crippen LogP contribution < -0.4 is 14.8 Å². The fourth-order valence-corrected chi connectivity index (χ4v) is 3.30. The van der Waals surface area contributed by atoms with Crippen molar-refractivity contribution in [3.8, 4) is 11.5 Å². The lowest BCUT2D eigenvalue weighted by Gasteiger charge is -2.15. The minimum absolute atomic E-state index is 0.252. The molecule has 0 amide bonds. The maximum Gasteiger partial charge on any atom is 0.180 e. The zero-order chi connectivity index (χ0) is 19.2. The van der Waals surface area contributed by atoms with Gasteiger partial charge in [0, 0.05) is 22.2 Å². The van der Waals surface area contributed by atoms with Crippen molar-refractivity contribution in [2.24, 2.45) is 0 Å². The Labute approximate surface area is 172 Å². The Kier molecular flexibility index (Phi) is 6.91. The quantitative estimate of drug-likeness (QED) is 0.471. The van der Waals surface area contributed by atoms with Crippen LogP contribution in [0.1, 0.15) is 16.9 Å². The fraction of sp³-hybridized carbons (Fsp3) is 0.200. The Morgan fingerprint density at radius 1 is 1.00 bits per heavy atom. The lowest BCUT2D eigenvalue weighted by Crippen LogP contribution is -2.12. The van der Waals surface area contributed by atoms with Crippen molar-refractivity contribution in [1.29, 1.82) is 0 Å². The molecular weight excluding hydrogens is 409 g/mol. The first-order chi connectivity index (χ1) is 13.1. The predicted molar refractivity (Wildman–Crippen MR) is 108 cm³/mol. The molecule has 0 saturated carbocycles. The standard InChI is InChI=1S/C20H18Cl3NO3/c1-25-19-8-13(10-24-11-16-3-2-6-26-16)7-18(23)20(19)27-12-14-4-5-15(21)9-17(14)22/h2-9,24H,10-12H2,1H3. The maximum atomic E-state index is 6.42. The molecule has 2 aromatic carbocycles. The molecule has 0 atom stereocenters. The average Bonchev–Trinajstić information content (AvgIpc) is 3.15. The van der Waals surface area contributed by atoms with Crippen molar-refractivity contribution >= 4 is 34.8 Å². The van der Waals surface area contributed by atoms with E-state index in [2.05, 4.69) is 5.32 Å². The lowest BCUT2D eigenvalue weighted by atomic mass is 10.2. The summed E-state index contributed by atoms with van der Waals surface area (Å²) in [5, 5.41) is 4.87. The van der Waals surface area contributed by atoms with Gasteiger partial charge in [0.15, 0.2) is 11.5 Å². The van der Waals surface area contributed by atoms with Gasteiger partial charge in [-0.15, -0.1) is 0 Å². The number of halogens is 3. The number of hydrogen-bond donors (Lipinski definition) is 1. The van der Waals surface area contributed by atoms with E-state index in [1.165, 1.54) is 0 Å². The van der Waals surface area contributed by atoms with E-state index in [1.807, 2.05) is 30.3 Å². The first-order valence-corrected chi connectivity index (χ1v) is 9.36. The normalized spacial score (nSPS) is 10.8. The summed E-state index contributed by atoms with van der Waals surface area (Å²) < 4.78 is 16.6. The summed E-state index contributed by atoms with van der Waals surface area (Å²) in [5.41, 5.74) is 1.78. The van der Waals surface area contributed by atoms with E-state index in [0.29, 0.717) is 39.7 Å². The Hall–Kier alpha value is -1.85. The third-order valence-electron chi connectivity index (χ3n) is 3.88. The van der Waals surface area contributed by atoms with Crippen molar-refractivity contribution in [2.45, 2.75) is 19.7 Å². The van der Waals surface area contributed by atoms with E-state index < -0.39 is 0 Å². The summed E-state index contributed by atoms with van der Waals surface area (Å²) in [6.07, 6.45) is 1.65. The molecular formula is C20H18Cl3NO3. The lowest BCUT2D eigenvalue weighted by molar-refractivity contribution is 0.284.